The zero-order valence-electron chi connectivity index (χ0n) is 52.8. The predicted molar refractivity (Wildman–Crippen MR) is 392 cm³/mol. The minimum atomic E-state index is -0.117. The molecule has 0 saturated heterocycles. The Morgan fingerprint density at radius 3 is 1.13 bits per heavy atom. The number of hydrogen-bond donors (Lipinski definition) is 0. The van der Waals surface area contributed by atoms with E-state index in [0.717, 1.165) is 16.8 Å². The molecule has 0 spiro atoms. The van der Waals surface area contributed by atoms with Crippen LogP contribution in [0, 0.1) is 21.0 Å². The van der Waals surface area contributed by atoms with E-state index in [1.807, 2.05) is 0 Å². The van der Waals surface area contributed by atoms with E-state index in [2.05, 4.69) is 279 Å². The van der Waals surface area contributed by atoms with Crippen molar-refractivity contribution in [3.8, 4) is 89.0 Å². The van der Waals surface area contributed by atoms with Crippen molar-refractivity contribution in [2.75, 3.05) is 4.43 Å². The summed E-state index contributed by atoms with van der Waals surface area (Å²) in [6, 6.07) is 77.5. The topological polar surface area (TPSA) is 0 Å². The Morgan fingerprint density at radius 2 is 0.733 bits per heavy atom. The van der Waals surface area contributed by atoms with Crippen molar-refractivity contribution in [3.63, 3.8) is 0 Å². The summed E-state index contributed by atoms with van der Waals surface area (Å²) >= 11 is 2.72. The van der Waals surface area contributed by atoms with Crippen LogP contribution in [-0.2, 0) is 3.42 Å². The molecule has 0 heterocycles. The van der Waals surface area contributed by atoms with Crippen molar-refractivity contribution >= 4 is 109 Å². The molecule has 15 aromatic rings. The van der Waals surface area contributed by atoms with E-state index in [9.17, 15) is 0 Å². The number of halogens is 3. The SMILES string of the molecule is CCC[I-]c1ccc(-c2c3c(c(-c4ccc([I-]C(C)CC)cc4)c4c(C)ccc(C)c24)-c2ccc4c5ccc6c7ccc8c9c(ccc(c%10ccc(c%11ccc-3c2c4%11)c5c6%10)c97)-c2c-8c(-c3ccccc3)c(C(C)CC)c(C(C)(I)CC)c2-c2ccccc2)cc1. The molecule has 0 fully saturated rings. The van der Waals surface area contributed by atoms with Crippen LogP contribution < -0.4 is 42.4 Å². The van der Waals surface area contributed by atoms with E-state index in [0.29, 0.717) is 5.92 Å². The van der Waals surface area contributed by atoms with Gasteiger partial charge in [0.15, 0.2) is 0 Å². The van der Waals surface area contributed by atoms with Gasteiger partial charge in [-0.1, -0.05) is 140 Å². The van der Waals surface area contributed by atoms with E-state index >= 15 is 0 Å². The van der Waals surface area contributed by atoms with Crippen LogP contribution in [0.3, 0.4) is 0 Å². The summed E-state index contributed by atoms with van der Waals surface area (Å²) in [7, 11) is 0. The van der Waals surface area contributed by atoms with Crippen LogP contribution in [0.25, 0.3) is 175 Å². The van der Waals surface area contributed by atoms with E-state index in [1.54, 1.807) is 0 Å². The average Bonchev–Trinajstić information content (AvgIpc) is 1.42. The summed E-state index contributed by atoms with van der Waals surface area (Å²) in [5.41, 5.74) is 27.5. The number of rotatable bonds is 14. The molecule has 0 N–H and O–H groups in total. The van der Waals surface area contributed by atoms with Crippen LogP contribution in [0.2, 0.25) is 0 Å². The Kier molecular flexibility index (Phi) is 13.7. The monoisotopic (exact) mass is 1500 g/mol. The second kappa shape index (κ2) is 21.6. The second-order valence-electron chi connectivity index (χ2n) is 26.2. The molecule has 442 valence electrons. The van der Waals surface area contributed by atoms with Crippen LogP contribution in [-0.4, -0.2) is 8.35 Å². The summed E-state index contributed by atoms with van der Waals surface area (Å²) < 4.78 is 5.00. The molecule has 90 heavy (non-hydrogen) atoms. The minimum absolute atomic E-state index is 0.0174. The quantitative estimate of drug-likeness (QED) is 0.0441. The normalized spacial score (nSPS) is 14.1. The van der Waals surface area contributed by atoms with Crippen molar-refractivity contribution in [3.05, 3.63) is 224 Å². The molecule has 0 bridgehead atoms. The van der Waals surface area contributed by atoms with Crippen molar-refractivity contribution < 1.29 is 42.4 Å². The molecule has 15 aromatic carbocycles. The van der Waals surface area contributed by atoms with Crippen LogP contribution in [0.5, 0.6) is 0 Å². The first kappa shape index (κ1) is 57.0. The Morgan fingerprint density at radius 1 is 0.367 bits per heavy atom. The van der Waals surface area contributed by atoms with Crippen molar-refractivity contribution in [1.82, 2.24) is 0 Å². The first-order chi connectivity index (χ1) is 43.9. The Hall–Kier alpha value is -6.91. The van der Waals surface area contributed by atoms with Gasteiger partial charge in [0.2, 0.25) is 0 Å². The maximum atomic E-state index is 2.81. The van der Waals surface area contributed by atoms with Crippen molar-refractivity contribution in [1.29, 1.82) is 0 Å². The van der Waals surface area contributed by atoms with Gasteiger partial charge < -0.3 is 0 Å². The standard InChI is InChI=1S/C87H71I3/c1-10-46-89-55-30-26-53(27-31-55)72-69-48(6)24-25-49(7)70(69)73(54-28-32-56(33-29-54)90-50(8)12-3)83-66-43-39-62-57-34-36-59-63-40-44-67-81-68(45-41-64(79(63)81)60-37-35-58(76(57)77(59)60)61-38-42-65(82(72)83)80(66)78(61)62)85-75(52-22-18-15-19-23-52)86(87(9,88)13-4)71(47(5)11-2)74(84(67)85)51-20-16-14-17-21-51/h14-45,47,50H,10-13,46H2,1-9H3/q-2. The van der Waals surface area contributed by atoms with Crippen LogP contribution >= 0.6 is 22.6 Å². The van der Waals surface area contributed by atoms with Gasteiger partial charge in [-0.15, -0.1) is 0 Å². The van der Waals surface area contributed by atoms with Gasteiger partial charge in [-0.05, 0) is 119 Å². The third-order valence-electron chi connectivity index (χ3n) is 21.1. The molecule has 0 aliphatic heterocycles. The van der Waals surface area contributed by atoms with Crippen LogP contribution in [0.15, 0.2) is 194 Å². The molecule has 0 amide bonds. The predicted octanol–water partition coefficient (Wildman–Crippen LogP) is 19.7. The molecule has 0 saturated carbocycles. The molecule has 0 nitrogen and oxygen atoms in total. The molecule has 0 aromatic heterocycles. The summed E-state index contributed by atoms with van der Waals surface area (Å²) in [6.07, 6.45) is 4.56. The van der Waals surface area contributed by atoms with Crippen LogP contribution in [0.1, 0.15) is 102 Å². The Balaban J connectivity index is 0.941. The van der Waals surface area contributed by atoms with Gasteiger partial charge in [-0.3, -0.25) is 0 Å². The zero-order chi connectivity index (χ0) is 61.2. The third-order valence-corrected chi connectivity index (χ3v) is 29.0. The fourth-order valence-electron chi connectivity index (χ4n) is 16.6. The van der Waals surface area contributed by atoms with E-state index < -0.39 is 0 Å². The van der Waals surface area contributed by atoms with E-state index in [4.69, 9.17) is 0 Å². The molecule has 0 radical (unpaired) electrons. The molecule has 17 rings (SSSR count). The fraction of sp³-hybridized carbons (Fsp3) is 0.195. The first-order valence-corrected chi connectivity index (χ1v) is 38.8. The number of benzene rings is 15. The molecule has 3 heteroatoms. The number of alkyl halides is 3. The summed E-state index contributed by atoms with van der Waals surface area (Å²) in [5.74, 6) is 0.344. The van der Waals surface area contributed by atoms with Gasteiger partial charge in [-0.2, -0.15) is 0 Å². The maximum absolute atomic E-state index is 2.81. The zero-order valence-corrected chi connectivity index (χ0v) is 59.3. The van der Waals surface area contributed by atoms with E-state index in [1.165, 1.54) is 222 Å². The van der Waals surface area contributed by atoms with Crippen molar-refractivity contribution in [2.45, 2.75) is 101 Å². The van der Waals surface area contributed by atoms with Gasteiger partial charge >= 0.3 is 307 Å². The summed E-state index contributed by atoms with van der Waals surface area (Å²) in [6.45, 7) is 21.5. The van der Waals surface area contributed by atoms with Gasteiger partial charge in [0.05, 0.1) is 0 Å². The molecule has 3 unspecified atom stereocenters. The van der Waals surface area contributed by atoms with Crippen LogP contribution in [0.4, 0.5) is 0 Å². The molecule has 2 aliphatic rings. The van der Waals surface area contributed by atoms with Crippen molar-refractivity contribution in [2.24, 2.45) is 0 Å². The van der Waals surface area contributed by atoms with Gasteiger partial charge in [-0.25, -0.2) is 0 Å². The van der Waals surface area contributed by atoms with Gasteiger partial charge in [0.1, 0.15) is 0 Å². The van der Waals surface area contributed by atoms with Gasteiger partial charge in [0, 0.05) is 3.42 Å². The third kappa shape index (κ3) is 8.12. The molecule has 2 aliphatic carbocycles. The average molecular weight is 1500 g/mol. The first-order valence-electron chi connectivity index (χ1n) is 32.8. The second-order valence-corrected chi connectivity index (χ2v) is 35.6. The number of hydrogen-bond acceptors (Lipinski definition) is 0. The molecular weight excluding hydrogens is 1430 g/mol. The number of fused-ring (bicyclic) bond motifs is 11. The Labute approximate surface area is 563 Å². The summed E-state index contributed by atoms with van der Waals surface area (Å²) in [4.78, 5) is 0. The molecule has 3 atom stereocenters. The van der Waals surface area contributed by atoms with Gasteiger partial charge in [0.25, 0.3) is 0 Å². The fourth-order valence-corrected chi connectivity index (χ4v) is 21.6. The number of aryl methyl sites for hydroxylation is 2. The van der Waals surface area contributed by atoms with E-state index in [-0.39, 0.29) is 45.8 Å². The summed E-state index contributed by atoms with van der Waals surface area (Å²) in [5, 5.41) is 21.9. The Bertz CT molecular complexity index is 5410. The molecular formula is C87H71I3-2.